The van der Waals surface area contributed by atoms with Crippen LogP contribution in [0.15, 0.2) is 24.4 Å². The number of aromatic nitrogens is 3. The van der Waals surface area contributed by atoms with Crippen LogP contribution in [0.25, 0.3) is 0 Å². The van der Waals surface area contributed by atoms with Crippen LogP contribution in [-0.4, -0.2) is 21.5 Å². The van der Waals surface area contributed by atoms with Crippen molar-refractivity contribution in [1.29, 1.82) is 0 Å². The van der Waals surface area contributed by atoms with E-state index < -0.39 is 11.6 Å². The molecule has 0 fully saturated rings. The van der Waals surface area contributed by atoms with E-state index in [1.54, 1.807) is 17.8 Å². The van der Waals surface area contributed by atoms with Crippen molar-refractivity contribution < 1.29 is 8.78 Å². The van der Waals surface area contributed by atoms with Gasteiger partial charge in [-0.15, -0.1) is 5.10 Å². The van der Waals surface area contributed by atoms with Crippen LogP contribution in [0.4, 0.5) is 8.78 Å². The molecule has 0 saturated heterocycles. The summed E-state index contributed by atoms with van der Waals surface area (Å²) in [4.78, 5) is 0. The molecule has 0 aliphatic carbocycles. The second-order valence-corrected chi connectivity index (χ2v) is 4.77. The van der Waals surface area contributed by atoms with E-state index in [1.807, 2.05) is 6.20 Å². The minimum atomic E-state index is -0.831. The molecule has 1 heterocycles. The molecule has 2 aromatic rings. The molecule has 0 bridgehead atoms. The first-order valence-electron chi connectivity index (χ1n) is 6.63. The molecule has 1 aromatic heterocycles. The van der Waals surface area contributed by atoms with Crippen molar-refractivity contribution in [3.63, 3.8) is 0 Å². The average molecular weight is 280 g/mol. The summed E-state index contributed by atoms with van der Waals surface area (Å²) in [7, 11) is 1.79. The van der Waals surface area contributed by atoms with E-state index in [0.717, 1.165) is 24.7 Å². The molecule has 1 aromatic carbocycles. The van der Waals surface area contributed by atoms with Gasteiger partial charge in [0.2, 0.25) is 0 Å². The van der Waals surface area contributed by atoms with Gasteiger partial charge in [-0.1, -0.05) is 18.2 Å². The van der Waals surface area contributed by atoms with E-state index in [9.17, 15) is 8.78 Å². The van der Waals surface area contributed by atoms with E-state index in [-0.39, 0.29) is 6.04 Å². The van der Waals surface area contributed by atoms with Gasteiger partial charge in [0.05, 0.1) is 5.69 Å². The molecule has 0 amide bonds. The standard InChI is InChI=1S/C14H18F2N4/c1-3-6-17-14(8-11-9-20(2)19-18-11)10-4-5-12(15)13(16)7-10/h4-5,7,9,14,17H,3,6,8H2,1-2H3. The predicted octanol–water partition coefficient (Wildman–Crippen LogP) is 2.38. The number of nitrogens with one attached hydrogen (secondary N) is 1. The third kappa shape index (κ3) is 3.60. The maximum absolute atomic E-state index is 13.4. The Bertz CT molecular complexity index is 568. The molecule has 108 valence electrons. The van der Waals surface area contributed by atoms with Crippen molar-refractivity contribution in [1.82, 2.24) is 20.3 Å². The molecule has 0 spiro atoms. The largest absolute Gasteiger partial charge is 0.310 e. The van der Waals surface area contributed by atoms with Crippen molar-refractivity contribution in [3.05, 3.63) is 47.3 Å². The molecular weight excluding hydrogens is 262 g/mol. The number of nitrogens with zero attached hydrogens (tertiary/aromatic N) is 3. The number of aryl methyl sites for hydroxylation is 1. The first-order chi connectivity index (χ1) is 9.60. The second-order valence-electron chi connectivity index (χ2n) is 4.77. The molecule has 6 heteroatoms. The zero-order valence-corrected chi connectivity index (χ0v) is 11.6. The van der Waals surface area contributed by atoms with Crippen molar-refractivity contribution in [3.8, 4) is 0 Å². The third-order valence-electron chi connectivity index (χ3n) is 3.05. The highest BCUT2D eigenvalue weighted by molar-refractivity contribution is 5.22. The van der Waals surface area contributed by atoms with Crippen LogP contribution in [0.2, 0.25) is 0 Å². The van der Waals surface area contributed by atoms with Gasteiger partial charge in [0.15, 0.2) is 11.6 Å². The van der Waals surface area contributed by atoms with Crippen LogP contribution in [0.5, 0.6) is 0 Å². The van der Waals surface area contributed by atoms with Gasteiger partial charge in [-0.3, -0.25) is 4.68 Å². The van der Waals surface area contributed by atoms with E-state index in [1.165, 1.54) is 6.07 Å². The Morgan fingerprint density at radius 2 is 2.10 bits per heavy atom. The van der Waals surface area contributed by atoms with Gasteiger partial charge in [0.1, 0.15) is 0 Å². The number of rotatable bonds is 6. The summed E-state index contributed by atoms with van der Waals surface area (Å²) in [5.74, 6) is -1.66. The molecule has 1 N–H and O–H groups in total. The zero-order chi connectivity index (χ0) is 14.5. The smallest absolute Gasteiger partial charge is 0.159 e. The van der Waals surface area contributed by atoms with Crippen molar-refractivity contribution >= 4 is 0 Å². The monoisotopic (exact) mass is 280 g/mol. The summed E-state index contributed by atoms with van der Waals surface area (Å²) in [6.45, 7) is 2.85. The third-order valence-corrected chi connectivity index (χ3v) is 3.05. The number of hydrogen-bond acceptors (Lipinski definition) is 3. The van der Waals surface area contributed by atoms with Gasteiger partial charge in [-0.05, 0) is 30.7 Å². The Labute approximate surface area is 116 Å². The molecule has 20 heavy (non-hydrogen) atoms. The maximum Gasteiger partial charge on any atom is 0.159 e. The van der Waals surface area contributed by atoms with Crippen LogP contribution in [0.3, 0.4) is 0 Å². The molecule has 2 rings (SSSR count). The topological polar surface area (TPSA) is 42.7 Å². The molecule has 0 radical (unpaired) electrons. The quantitative estimate of drug-likeness (QED) is 0.883. The van der Waals surface area contributed by atoms with E-state index in [0.29, 0.717) is 12.0 Å². The summed E-state index contributed by atoms with van der Waals surface area (Å²) < 4.78 is 28.0. The molecule has 1 unspecified atom stereocenters. The van der Waals surface area contributed by atoms with E-state index >= 15 is 0 Å². The number of halogens is 2. The van der Waals surface area contributed by atoms with Gasteiger partial charge in [-0.2, -0.15) is 0 Å². The Morgan fingerprint density at radius 3 is 2.70 bits per heavy atom. The lowest BCUT2D eigenvalue weighted by molar-refractivity contribution is 0.491. The first-order valence-corrected chi connectivity index (χ1v) is 6.63. The first kappa shape index (κ1) is 14.6. The molecule has 0 aliphatic rings. The van der Waals surface area contributed by atoms with Crippen molar-refractivity contribution in [2.24, 2.45) is 7.05 Å². The Hall–Kier alpha value is -1.82. The second kappa shape index (κ2) is 6.56. The zero-order valence-electron chi connectivity index (χ0n) is 11.6. The molecule has 0 aliphatic heterocycles. The van der Waals surface area contributed by atoms with Gasteiger partial charge in [0.25, 0.3) is 0 Å². The van der Waals surface area contributed by atoms with Crippen molar-refractivity contribution in [2.75, 3.05) is 6.54 Å². The Balaban J connectivity index is 2.19. The SMILES string of the molecule is CCCNC(Cc1cn(C)nn1)c1ccc(F)c(F)c1. The van der Waals surface area contributed by atoms with Crippen LogP contribution < -0.4 is 5.32 Å². The average Bonchev–Trinajstić information content (AvgIpc) is 2.83. The van der Waals surface area contributed by atoms with Gasteiger partial charge in [-0.25, -0.2) is 8.78 Å². The molecule has 0 saturated carbocycles. The van der Waals surface area contributed by atoms with Gasteiger partial charge < -0.3 is 5.32 Å². The normalized spacial score (nSPS) is 12.6. The Morgan fingerprint density at radius 1 is 1.30 bits per heavy atom. The predicted molar refractivity (Wildman–Crippen MR) is 72.1 cm³/mol. The molecule has 1 atom stereocenters. The maximum atomic E-state index is 13.4. The fourth-order valence-electron chi connectivity index (χ4n) is 2.05. The number of hydrogen-bond donors (Lipinski definition) is 1. The summed E-state index contributed by atoms with van der Waals surface area (Å²) in [5, 5.41) is 11.2. The lowest BCUT2D eigenvalue weighted by Crippen LogP contribution is -2.24. The highest BCUT2D eigenvalue weighted by atomic mass is 19.2. The highest BCUT2D eigenvalue weighted by Gasteiger charge is 2.15. The molecular formula is C14H18F2N4. The summed E-state index contributed by atoms with van der Waals surface area (Å²) in [6, 6.07) is 3.88. The van der Waals surface area contributed by atoms with E-state index in [2.05, 4.69) is 22.6 Å². The van der Waals surface area contributed by atoms with Crippen molar-refractivity contribution in [2.45, 2.75) is 25.8 Å². The summed E-state index contributed by atoms with van der Waals surface area (Å²) in [5.41, 5.74) is 1.52. The van der Waals surface area contributed by atoms with Crippen LogP contribution in [0, 0.1) is 11.6 Å². The van der Waals surface area contributed by atoms with Crippen LogP contribution >= 0.6 is 0 Å². The van der Waals surface area contributed by atoms with E-state index in [4.69, 9.17) is 0 Å². The fraction of sp³-hybridized carbons (Fsp3) is 0.429. The fourth-order valence-corrected chi connectivity index (χ4v) is 2.05. The van der Waals surface area contributed by atoms with Crippen LogP contribution in [-0.2, 0) is 13.5 Å². The highest BCUT2D eigenvalue weighted by Crippen LogP contribution is 2.20. The van der Waals surface area contributed by atoms with Gasteiger partial charge >= 0.3 is 0 Å². The molecule has 4 nitrogen and oxygen atoms in total. The lowest BCUT2D eigenvalue weighted by Gasteiger charge is -2.18. The minimum Gasteiger partial charge on any atom is -0.310 e. The number of benzene rings is 1. The van der Waals surface area contributed by atoms with Crippen LogP contribution in [0.1, 0.15) is 30.6 Å². The summed E-state index contributed by atoms with van der Waals surface area (Å²) in [6.07, 6.45) is 3.36. The lowest BCUT2D eigenvalue weighted by atomic mass is 10.0. The Kier molecular flexibility index (Phi) is 4.79. The van der Waals surface area contributed by atoms with Gasteiger partial charge in [0, 0.05) is 25.7 Å². The minimum absolute atomic E-state index is 0.109. The summed E-state index contributed by atoms with van der Waals surface area (Å²) >= 11 is 0.